The summed E-state index contributed by atoms with van der Waals surface area (Å²) in [5.41, 5.74) is 2.65. The van der Waals surface area contributed by atoms with E-state index in [4.69, 9.17) is 9.26 Å². The van der Waals surface area contributed by atoms with E-state index in [0.29, 0.717) is 11.5 Å². The number of nitrogens with zero attached hydrogens (tertiary/aromatic N) is 2. The molecule has 0 radical (unpaired) electrons. The van der Waals surface area contributed by atoms with E-state index < -0.39 is 6.09 Å². The standard InChI is InChI=1S/C21H21N3O3/c25-21(24-18-6-2-1-3-7-18)26-19-8-4-5-15(12-19)16-11-17(14-22-13-16)20-9-10-23-27-20/h4-5,8-14,18H,1-3,6-7H2,(H,24,25). The Hall–Kier alpha value is -3.15. The number of carbonyl (C=O) groups excluding carboxylic acids is 1. The fraction of sp³-hybridized carbons (Fsp3) is 0.286. The summed E-state index contributed by atoms with van der Waals surface area (Å²) in [7, 11) is 0. The molecule has 27 heavy (non-hydrogen) atoms. The molecule has 1 N–H and O–H groups in total. The second-order valence-electron chi connectivity index (χ2n) is 6.74. The Morgan fingerprint density at radius 2 is 1.89 bits per heavy atom. The normalized spacial score (nSPS) is 14.7. The van der Waals surface area contributed by atoms with E-state index in [1.54, 1.807) is 30.7 Å². The van der Waals surface area contributed by atoms with Crippen LogP contribution in [-0.4, -0.2) is 22.3 Å². The molecule has 0 aliphatic heterocycles. The summed E-state index contributed by atoms with van der Waals surface area (Å²) in [6.07, 6.45) is 10.3. The number of carbonyl (C=O) groups is 1. The largest absolute Gasteiger partial charge is 0.412 e. The fourth-order valence-corrected chi connectivity index (χ4v) is 3.39. The van der Waals surface area contributed by atoms with E-state index in [1.165, 1.54) is 6.42 Å². The van der Waals surface area contributed by atoms with Gasteiger partial charge in [-0.1, -0.05) is 36.6 Å². The highest BCUT2D eigenvalue weighted by molar-refractivity contribution is 5.73. The molecule has 138 valence electrons. The first-order valence-corrected chi connectivity index (χ1v) is 9.23. The number of nitrogens with one attached hydrogen (secondary N) is 1. The van der Waals surface area contributed by atoms with Crippen LogP contribution in [0.4, 0.5) is 4.79 Å². The van der Waals surface area contributed by atoms with Crippen LogP contribution in [0, 0.1) is 0 Å². The van der Waals surface area contributed by atoms with Gasteiger partial charge < -0.3 is 14.6 Å². The van der Waals surface area contributed by atoms with Crippen LogP contribution in [0.2, 0.25) is 0 Å². The van der Waals surface area contributed by atoms with Gasteiger partial charge in [-0.25, -0.2) is 4.79 Å². The van der Waals surface area contributed by atoms with Crippen molar-refractivity contribution in [2.75, 3.05) is 0 Å². The predicted octanol–water partition coefficient (Wildman–Crippen LogP) is 4.82. The molecule has 3 aromatic rings. The lowest BCUT2D eigenvalue weighted by Gasteiger charge is -2.22. The van der Waals surface area contributed by atoms with Crippen LogP contribution in [0.15, 0.2) is 59.5 Å². The maximum Gasteiger partial charge on any atom is 0.412 e. The van der Waals surface area contributed by atoms with Gasteiger partial charge in [0.1, 0.15) is 5.75 Å². The van der Waals surface area contributed by atoms with Crippen molar-refractivity contribution in [1.82, 2.24) is 15.5 Å². The smallest absolute Gasteiger partial charge is 0.410 e. The third-order valence-electron chi connectivity index (χ3n) is 4.77. The predicted molar refractivity (Wildman–Crippen MR) is 101 cm³/mol. The molecule has 0 atom stereocenters. The van der Waals surface area contributed by atoms with Crippen LogP contribution in [0.1, 0.15) is 32.1 Å². The highest BCUT2D eigenvalue weighted by atomic mass is 16.6. The molecule has 1 saturated carbocycles. The summed E-state index contributed by atoms with van der Waals surface area (Å²) in [6, 6.07) is 11.4. The van der Waals surface area contributed by atoms with Crippen molar-refractivity contribution in [3.8, 4) is 28.2 Å². The third kappa shape index (κ3) is 4.34. The topological polar surface area (TPSA) is 77.2 Å². The maximum absolute atomic E-state index is 12.2. The summed E-state index contributed by atoms with van der Waals surface area (Å²) in [4.78, 5) is 16.5. The fourth-order valence-electron chi connectivity index (χ4n) is 3.39. The second kappa shape index (κ2) is 8.03. The van der Waals surface area contributed by atoms with Crippen molar-refractivity contribution in [3.05, 3.63) is 55.0 Å². The summed E-state index contributed by atoms with van der Waals surface area (Å²) < 4.78 is 10.7. The average Bonchev–Trinajstić information content (AvgIpc) is 3.24. The van der Waals surface area contributed by atoms with Gasteiger partial charge in [0.2, 0.25) is 0 Å². The van der Waals surface area contributed by atoms with Crippen LogP contribution >= 0.6 is 0 Å². The zero-order valence-electron chi connectivity index (χ0n) is 14.9. The average molecular weight is 363 g/mol. The Morgan fingerprint density at radius 1 is 1.04 bits per heavy atom. The molecule has 2 aromatic heterocycles. The minimum atomic E-state index is -0.396. The van der Waals surface area contributed by atoms with E-state index in [1.807, 2.05) is 24.3 Å². The van der Waals surface area contributed by atoms with Gasteiger partial charge >= 0.3 is 6.09 Å². The number of amides is 1. The Balaban J connectivity index is 1.47. The maximum atomic E-state index is 12.2. The molecule has 0 saturated heterocycles. The van der Waals surface area contributed by atoms with E-state index in [2.05, 4.69) is 15.5 Å². The van der Waals surface area contributed by atoms with Crippen molar-refractivity contribution in [2.45, 2.75) is 38.1 Å². The molecular formula is C21H21N3O3. The lowest BCUT2D eigenvalue weighted by atomic mass is 9.96. The van der Waals surface area contributed by atoms with Crippen LogP contribution in [0.5, 0.6) is 5.75 Å². The van der Waals surface area contributed by atoms with Gasteiger partial charge in [0.05, 0.1) is 6.20 Å². The summed E-state index contributed by atoms with van der Waals surface area (Å²) >= 11 is 0. The van der Waals surface area contributed by atoms with Crippen molar-refractivity contribution >= 4 is 6.09 Å². The Bertz CT molecular complexity index is 903. The Kier molecular flexibility index (Phi) is 5.14. The van der Waals surface area contributed by atoms with Crippen LogP contribution in [0.25, 0.3) is 22.5 Å². The Morgan fingerprint density at radius 3 is 2.70 bits per heavy atom. The van der Waals surface area contributed by atoms with Gasteiger partial charge in [-0.2, -0.15) is 0 Å². The highest BCUT2D eigenvalue weighted by Gasteiger charge is 2.17. The summed E-state index contributed by atoms with van der Waals surface area (Å²) in [5.74, 6) is 1.16. The molecule has 4 rings (SSSR count). The van der Waals surface area contributed by atoms with Crippen molar-refractivity contribution < 1.29 is 14.1 Å². The van der Waals surface area contributed by atoms with Crippen molar-refractivity contribution in [3.63, 3.8) is 0 Å². The van der Waals surface area contributed by atoms with Crippen molar-refractivity contribution in [2.24, 2.45) is 0 Å². The number of pyridine rings is 1. The molecule has 6 heteroatoms. The molecule has 1 amide bonds. The molecule has 2 heterocycles. The van der Waals surface area contributed by atoms with E-state index in [0.717, 1.165) is 42.4 Å². The summed E-state index contributed by atoms with van der Waals surface area (Å²) in [6.45, 7) is 0. The van der Waals surface area contributed by atoms with E-state index >= 15 is 0 Å². The van der Waals surface area contributed by atoms with Gasteiger partial charge in [-0.05, 0) is 36.6 Å². The van der Waals surface area contributed by atoms with Crippen LogP contribution in [0.3, 0.4) is 0 Å². The highest BCUT2D eigenvalue weighted by Crippen LogP contribution is 2.27. The molecule has 0 unspecified atom stereocenters. The number of aromatic nitrogens is 2. The van der Waals surface area contributed by atoms with Gasteiger partial charge in [-0.15, -0.1) is 0 Å². The minimum absolute atomic E-state index is 0.220. The van der Waals surface area contributed by atoms with E-state index in [9.17, 15) is 4.79 Å². The lowest BCUT2D eigenvalue weighted by Crippen LogP contribution is -2.37. The third-order valence-corrected chi connectivity index (χ3v) is 4.77. The molecule has 0 bridgehead atoms. The van der Waals surface area contributed by atoms with Gasteiger partial charge in [-0.3, -0.25) is 4.98 Å². The number of hydrogen-bond acceptors (Lipinski definition) is 5. The van der Waals surface area contributed by atoms with Gasteiger partial charge in [0.15, 0.2) is 5.76 Å². The van der Waals surface area contributed by atoms with Crippen LogP contribution < -0.4 is 10.1 Å². The Labute approximate surface area is 157 Å². The first kappa shape index (κ1) is 17.3. The zero-order valence-corrected chi connectivity index (χ0v) is 14.9. The van der Waals surface area contributed by atoms with Crippen LogP contribution in [-0.2, 0) is 0 Å². The lowest BCUT2D eigenvalue weighted by molar-refractivity contribution is 0.192. The van der Waals surface area contributed by atoms with Crippen molar-refractivity contribution in [1.29, 1.82) is 0 Å². The van der Waals surface area contributed by atoms with Gasteiger partial charge in [0, 0.05) is 35.6 Å². The summed E-state index contributed by atoms with van der Waals surface area (Å²) in [5, 5.41) is 6.69. The molecule has 1 aliphatic rings. The second-order valence-corrected chi connectivity index (χ2v) is 6.74. The van der Waals surface area contributed by atoms with E-state index in [-0.39, 0.29) is 6.04 Å². The SMILES string of the molecule is O=C(NC1CCCCC1)Oc1cccc(-c2cncc(-c3ccno3)c2)c1. The monoisotopic (exact) mass is 363 g/mol. The molecule has 0 spiro atoms. The first-order valence-electron chi connectivity index (χ1n) is 9.23. The molecule has 1 fully saturated rings. The number of ether oxygens (including phenoxy) is 1. The van der Waals surface area contributed by atoms with Gasteiger partial charge in [0.25, 0.3) is 0 Å². The molecule has 6 nitrogen and oxygen atoms in total. The minimum Gasteiger partial charge on any atom is -0.410 e. The molecule has 1 aliphatic carbocycles. The quantitative estimate of drug-likeness (QED) is 0.719. The number of benzene rings is 1. The number of hydrogen-bond donors (Lipinski definition) is 1. The molecular weight excluding hydrogens is 342 g/mol. The number of rotatable bonds is 4. The first-order chi connectivity index (χ1) is 13.3. The zero-order chi connectivity index (χ0) is 18.5. The molecule has 1 aromatic carbocycles.